The molecule has 96 valence electrons. The fourth-order valence-corrected chi connectivity index (χ4v) is 1.41. The molecular formula is C13H29N3. The maximum absolute atomic E-state index is 4.57. The second-order valence-electron chi connectivity index (χ2n) is 4.89. The van der Waals surface area contributed by atoms with Crippen molar-refractivity contribution in [3.8, 4) is 0 Å². The first-order valence-corrected chi connectivity index (χ1v) is 6.63. The number of hydrogen-bond acceptors (Lipinski definition) is 1. The van der Waals surface area contributed by atoms with Crippen LogP contribution in [-0.2, 0) is 0 Å². The van der Waals surface area contributed by atoms with Gasteiger partial charge in [-0.1, -0.05) is 26.2 Å². The highest BCUT2D eigenvalue weighted by Gasteiger charge is 2.01. The van der Waals surface area contributed by atoms with Crippen LogP contribution in [0.3, 0.4) is 0 Å². The van der Waals surface area contributed by atoms with E-state index in [9.17, 15) is 0 Å². The predicted octanol–water partition coefficient (Wildman–Crippen LogP) is 2.92. The predicted molar refractivity (Wildman–Crippen MR) is 73.0 cm³/mol. The van der Waals surface area contributed by atoms with Crippen molar-refractivity contribution in [3.63, 3.8) is 0 Å². The second kappa shape index (κ2) is 9.49. The van der Waals surface area contributed by atoms with E-state index in [0.717, 1.165) is 12.5 Å². The number of rotatable bonds is 7. The molecule has 0 aromatic rings. The monoisotopic (exact) mass is 227 g/mol. The molecule has 0 unspecified atom stereocenters. The van der Waals surface area contributed by atoms with Gasteiger partial charge in [0, 0.05) is 18.6 Å². The molecule has 0 fully saturated rings. The van der Waals surface area contributed by atoms with E-state index in [0.29, 0.717) is 12.1 Å². The molecule has 0 saturated heterocycles. The lowest BCUT2D eigenvalue weighted by Crippen LogP contribution is -2.44. The number of nitrogens with one attached hydrogen (secondary N) is 2. The minimum absolute atomic E-state index is 0.431. The fourth-order valence-electron chi connectivity index (χ4n) is 1.41. The summed E-state index contributed by atoms with van der Waals surface area (Å²) in [5.41, 5.74) is 0. The van der Waals surface area contributed by atoms with Crippen LogP contribution in [0.4, 0.5) is 0 Å². The Hall–Kier alpha value is -0.730. The Morgan fingerprint density at radius 2 is 1.50 bits per heavy atom. The summed E-state index contributed by atoms with van der Waals surface area (Å²) in [7, 11) is 0. The average Bonchev–Trinajstić information content (AvgIpc) is 2.15. The molecule has 0 aliphatic rings. The standard InChI is InChI=1S/C13H29N3/c1-6-7-8-9-10-14-13(15-11(2)3)16-12(4)5/h11-12H,6-10H2,1-5H3,(H2,14,15,16). The molecule has 0 saturated carbocycles. The molecule has 2 N–H and O–H groups in total. The van der Waals surface area contributed by atoms with Crippen LogP contribution in [-0.4, -0.2) is 24.6 Å². The summed E-state index contributed by atoms with van der Waals surface area (Å²) in [6.45, 7) is 11.7. The van der Waals surface area contributed by atoms with Gasteiger partial charge in [0.2, 0.25) is 0 Å². The van der Waals surface area contributed by atoms with Crippen LogP contribution in [0.25, 0.3) is 0 Å². The van der Waals surface area contributed by atoms with Crippen LogP contribution < -0.4 is 10.6 Å². The van der Waals surface area contributed by atoms with E-state index >= 15 is 0 Å². The van der Waals surface area contributed by atoms with Gasteiger partial charge in [-0.2, -0.15) is 0 Å². The first-order chi connectivity index (χ1) is 7.56. The zero-order chi connectivity index (χ0) is 12.4. The van der Waals surface area contributed by atoms with E-state index in [1.165, 1.54) is 25.7 Å². The van der Waals surface area contributed by atoms with Gasteiger partial charge in [0.1, 0.15) is 0 Å². The van der Waals surface area contributed by atoms with E-state index < -0.39 is 0 Å². The van der Waals surface area contributed by atoms with Crippen molar-refractivity contribution in [3.05, 3.63) is 0 Å². The summed E-state index contributed by atoms with van der Waals surface area (Å²) in [5.74, 6) is 0.946. The number of nitrogens with zero attached hydrogens (tertiary/aromatic N) is 1. The first-order valence-electron chi connectivity index (χ1n) is 6.63. The largest absolute Gasteiger partial charge is 0.354 e. The fraction of sp³-hybridized carbons (Fsp3) is 0.923. The molecule has 0 amide bonds. The normalized spacial score (nSPS) is 10.7. The lowest BCUT2D eigenvalue weighted by atomic mass is 10.2. The molecule has 0 aromatic heterocycles. The summed E-state index contributed by atoms with van der Waals surface area (Å²) < 4.78 is 0. The first kappa shape index (κ1) is 15.3. The van der Waals surface area contributed by atoms with Crippen LogP contribution in [0, 0.1) is 0 Å². The molecule has 0 rings (SSSR count). The Bertz CT molecular complexity index is 174. The average molecular weight is 227 g/mol. The third-order valence-electron chi connectivity index (χ3n) is 2.13. The molecule has 0 bridgehead atoms. The van der Waals surface area contributed by atoms with Gasteiger partial charge in [-0.05, 0) is 34.1 Å². The maximum atomic E-state index is 4.57. The van der Waals surface area contributed by atoms with Crippen LogP contribution in [0.15, 0.2) is 4.99 Å². The van der Waals surface area contributed by atoms with Crippen molar-refractivity contribution in [1.29, 1.82) is 0 Å². The van der Waals surface area contributed by atoms with E-state index in [4.69, 9.17) is 0 Å². The molecule has 0 atom stereocenters. The number of aliphatic imine (C=N–C) groups is 1. The zero-order valence-corrected chi connectivity index (χ0v) is 11.6. The lowest BCUT2D eigenvalue weighted by molar-refractivity contribution is 0.641. The van der Waals surface area contributed by atoms with Crippen LogP contribution in [0.2, 0.25) is 0 Å². The molecule has 16 heavy (non-hydrogen) atoms. The molecule has 0 aliphatic carbocycles. The molecule has 0 heterocycles. The molecule has 3 heteroatoms. The molecular weight excluding hydrogens is 198 g/mol. The van der Waals surface area contributed by atoms with Crippen molar-refractivity contribution in [2.75, 3.05) is 6.54 Å². The summed E-state index contributed by atoms with van der Waals surface area (Å²) in [6.07, 6.45) is 5.08. The molecule has 0 radical (unpaired) electrons. The Morgan fingerprint density at radius 1 is 0.938 bits per heavy atom. The topological polar surface area (TPSA) is 36.4 Å². The minimum Gasteiger partial charge on any atom is -0.354 e. The lowest BCUT2D eigenvalue weighted by Gasteiger charge is -2.17. The van der Waals surface area contributed by atoms with Gasteiger partial charge in [-0.3, -0.25) is 4.99 Å². The van der Waals surface area contributed by atoms with Crippen LogP contribution in [0.1, 0.15) is 60.3 Å². The number of guanidine groups is 1. The van der Waals surface area contributed by atoms with Crippen LogP contribution >= 0.6 is 0 Å². The van der Waals surface area contributed by atoms with Gasteiger partial charge in [0.25, 0.3) is 0 Å². The van der Waals surface area contributed by atoms with E-state index in [2.05, 4.69) is 50.2 Å². The van der Waals surface area contributed by atoms with Crippen molar-refractivity contribution in [1.82, 2.24) is 10.6 Å². The van der Waals surface area contributed by atoms with Crippen molar-refractivity contribution < 1.29 is 0 Å². The van der Waals surface area contributed by atoms with E-state index in [1.807, 2.05) is 0 Å². The van der Waals surface area contributed by atoms with Gasteiger partial charge in [0.15, 0.2) is 5.96 Å². The summed E-state index contributed by atoms with van der Waals surface area (Å²) >= 11 is 0. The second-order valence-corrected chi connectivity index (χ2v) is 4.89. The smallest absolute Gasteiger partial charge is 0.191 e. The van der Waals surface area contributed by atoms with Crippen molar-refractivity contribution in [2.45, 2.75) is 72.4 Å². The third kappa shape index (κ3) is 9.81. The minimum atomic E-state index is 0.431. The van der Waals surface area contributed by atoms with E-state index in [-0.39, 0.29) is 0 Å². The van der Waals surface area contributed by atoms with E-state index in [1.54, 1.807) is 0 Å². The Morgan fingerprint density at radius 3 is 1.94 bits per heavy atom. The molecule has 0 aliphatic heterocycles. The highest BCUT2D eigenvalue weighted by Crippen LogP contribution is 1.98. The van der Waals surface area contributed by atoms with Crippen molar-refractivity contribution in [2.24, 2.45) is 4.99 Å². The van der Waals surface area contributed by atoms with Gasteiger partial charge in [-0.25, -0.2) is 0 Å². The Kier molecular flexibility index (Phi) is 9.06. The Balaban J connectivity index is 3.91. The maximum Gasteiger partial charge on any atom is 0.191 e. The van der Waals surface area contributed by atoms with Crippen molar-refractivity contribution >= 4 is 5.96 Å². The highest BCUT2D eigenvalue weighted by molar-refractivity contribution is 5.80. The number of unbranched alkanes of at least 4 members (excludes halogenated alkanes) is 3. The SMILES string of the molecule is CCCCCCN=C(NC(C)C)NC(C)C. The Labute approximate surface area is 101 Å². The molecule has 0 spiro atoms. The quantitative estimate of drug-likeness (QED) is 0.398. The molecule has 3 nitrogen and oxygen atoms in total. The van der Waals surface area contributed by atoms with Gasteiger partial charge >= 0.3 is 0 Å². The summed E-state index contributed by atoms with van der Waals surface area (Å²) in [6, 6.07) is 0.862. The van der Waals surface area contributed by atoms with Gasteiger partial charge in [0.05, 0.1) is 0 Å². The summed E-state index contributed by atoms with van der Waals surface area (Å²) in [4.78, 5) is 4.57. The molecule has 0 aromatic carbocycles. The van der Waals surface area contributed by atoms with Crippen LogP contribution in [0.5, 0.6) is 0 Å². The summed E-state index contributed by atoms with van der Waals surface area (Å²) in [5, 5.41) is 6.68. The zero-order valence-electron chi connectivity index (χ0n) is 11.6. The highest BCUT2D eigenvalue weighted by atomic mass is 15.2. The van der Waals surface area contributed by atoms with Gasteiger partial charge in [-0.15, -0.1) is 0 Å². The van der Waals surface area contributed by atoms with Gasteiger partial charge < -0.3 is 10.6 Å². The third-order valence-corrected chi connectivity index (χ3v) is 2.13. The number of hydrogen-bond donors (Lipinski definition) is 2.